The maximum Gasteiger partial charge on any atom is 0.416 e. The van der Waals surface area contributed by atoms with Gasteiger partial charge >= 0.3 is 12.2 Å². The van der Waals surface area contributed by atoms with Crippen molar-refractivity contribution in [3.05, 3.63) is 52.9 Å². The second kappa shape index (κ2) is 8.59. The van der Waals surface area contributed by atoms with Crippen molar-refractivity contribution >= 4 is 29.2 Å². The Bertz CT molecular complexity index is 934. The van der Waals surface area contributed by atoms with E-state index in [9.17, 15) is 22.8 Å². The van der Waals surface area contributed by atoms with Crippen LogP contribution in [0.4, 0.5) is 23.8 Å². The molecule has 0 unspecified atom stereocenters. The fourth-order valence-electron chi connectivity index (χ4n) is 3.33. The van der Waals surface area contributed by atoms with Crippen molar-refractivity contribution < 1.29 is 22.8 Å². The molecule has 3 rings (SSSR count). The van der Waals surface area contributed by atoms with Crippen LogP contribution in [0.5, 0.6) is 0 Å². The highest BCUT2D eigenvalue weighted by atomic mass is 35.5. The number of rotatable bonds is 6. The van der Waals surface area contributed by atoms with Gasteiger partial charge in [-0.3, -0.25) is 14.7 Å². The lowest BCUT2D eigenvalue weighted by molar-refractivity contribution is -0.137. The number of Topliss-reactive ketones (excluding diaryl/α,β-unsaturated/α-hetero) is 1. The number of anilines is 1. The number of pyridine rings is 2. The number of urea groups is 1. The third-order valence-corrected chi connectivity index (χ3v) is 5.10. The van der Waals surface area contributed by atoms with Crippen molar-refractivity contribution in [2.75, 3.05) is 18.0 Å². The van der Waals surface area contributed by atoms with Crippen LogP contribution in [0.3, 0.4) is 0 Å². The Morgan fingerprint density at radius 1 is 1.27 bits per heavy atom. The highest BCUT2D eigenvalue weighted by Crippen LogP contribution is 2.29. The first-order chi connectivity index (χ1) is 14.1. The summed E-state index contributed by atoms with van der Waals surface area (Å²) in [4.78, 5) is 36.4. The van der Waals surface area contributed by atoms with E-state index in [1.807, 2.05) is 13.8 Å². The number of alkyl halides is 3. The summed E-state index contributed by atoms with van der Waals surface area (Å²) >= 11 is 5.85. The zero-order chi connectivity index (χ0) is 22.1. The third kappa shape index (κ3) is 4.89. The molecule has 1 saturated heterocycles. The molecule has 0 radical (unpaired) electrons. The molecule has 10 heteroatoms. The van der Waals surface area contributed by atoms with E-state index in [0.717, 1.165) is 18.3 Å². The number of aromatic nitrogens is 2. The molecule has 2 aromatic heterocycles. The first-order valence-electron chi connectivity index (χ1n) is 9.29. The lowest BCUT2D eigenvalue weighted by Gasteiger charge is -2.25. The number of nitrogens with zero attached hydrogens (tertiary/aromatic N) is 4. The summed E-state index contributed by atoms with van der Waals surface area (Å²) in [6, 6.07) is 4.32. The van der Waals surface area contributed by atoms with Crippen LogP contribution >= 0.6 is 11.6 Å². The molecule has 1 atom stereocenters. The average molecular weight is 441 g/mol. The topological polar surface area (TPSA) is 66.4 Å². The predicted octanol–water partition coefficient (Wildman–Crippen LogP) is 4.23. The fraction of sp³-hybridized carbons (Fsp3) is 0.400. The maximum absolute atomic E-state index is 12.9. The molecule has 160 valence electrons. The minimum absolute atomic E-state index is 0.0128. The van der Waals surface area contributed by atoms with Crippen LogP contribution in [0.1, 0.15) is 25.1 Å². The molecule has 0 saturated carbocycles. The minimum atomic E-state index is -4.51. The second-order valence-corrected chi connectivity index (χ2v) is 7.85. The molecular weight excluding hydrogens is 421 g/mol. The van der Waals surface area contributed by atoms with Crippen LogP contribution in [0.25, 0.3) is 0 Å². The van der Waals surface area contributed by atoms with Crippen molar-refractivity contribution in [2.24, 2.45) is 5.92 Å². The standard InChI is InChI=1S/C20H20ClF3N4O2/c1-12(2)17-11-28(18-4-3-14(21)9-26-18)19(30)27(17)10-16(29)8-15-7-13(5-6-25-15)20(22,23)24/h3-7,9,12,17H,8,10-11H2,1-2H3/t17-/m1/s1. The summed E-state index contributed by atoms with van der Waals surface area (Å²) in [6.07, 6.45) is -2.35. The van der Waals surface area contributed by atoms with Gasteiger partial charge in [-0.2, -0.15) is 13.2 Å². The summed E-state index contributed by atoms with van der Waals surface area (Å²) in [5.41, 5.74) is -0.851. The van der Waals surface area contributed by atoms with Crippen molar-refractivity contribution in [2.45, 2.75) is 32.5 Å². The smallest absolute Gasteiger partial charge is 0.312 e. The molecular formula is C20H20ClF3N4O2. The molecule has 1 fully saturated rings. The molecule has 0 aliphatic carbocycles. The van der Waals surface area contributed by atoms with Crippen LogP contribution < -0.4 is 4.90 Å². The van der Waals surface area contributed by atoms with Crippen LogP contribution in [0.15, 0.2) is 36.7 Å². The van der Waals surface area contributed by atoms with E-state index in [0.29, 0.717) is 17.4 Å². The Morgan fingerprint density at radius 2 is 2.00 bits per heavy atom. The van der Waals surface area contributed by atoms with Gasteiger partial charge in [0.1, 0.15) is 5.82 Å². The molecule has 2 amide bonds. The zero-order valence-electron chi connectivity index (χ0n) is 16.4. The number of carbonyl (C=O) groups excluding carboxylic acids is 2. The van der Waals surface area contributed by atoms with Gasteiger partial charge in [0, 0.05) is 24.6 Å². The summed E-state index contributed by atoms with van der Waals surface area (Å²) in [6.45, 7) is 4.00. The quantitative estimate of drug-likeness (QED) is 0.674. The van der Waals surface area contributed by atoms with Crippen LogP contribution in [0, 0.1) is 5.92 Å². The van der Waals surface area contributed by atoms with E-state index >= 15 is 0 Å². The summed E-state index contributed by atoms with van der Waals surface area (Å²) in [5.74, 6) is 0.0852. The molecule has 0 bridgehead atoms. The average Bonchev–Trinajstić information content (AvgIpc) is 2.98. The Balaban J connectivity index is 1.74. The van der Waals surface area contributed by atoms with Crippen molar-refractivity contribution in [3.63, 3.8) is 0 Å². The number of hydrogen-bond acceptors (Lipinski definition) is 4. The molecule has 2 aromatic rings. The molecule has 30 heavy (non-hydrogen) atoms. The molecule has 0 aromatic carbocycles. The van der Waals surface area contributed by atoms with Gasteiger partial charge in [0.15, 0.2) is 5.78 Å². The van der Waals surface area contributed by atoms with Gasteiger partial charge in [0.25, 0.3) is 0 Å². The lowest BCUT2D eigenvalue weighted by Crippen LogP contribution is -2.41. The van der Waals surface area contributed by atoms with Crippen LogP contribution in [0.2, 0.25) is 5.02 Å². The van der Waals surface area contributed by atoms with E-state index < -0.39 is 17.5 Å². The Labute approximate surface area is 176 Å². The normalized spacial score (nSPS) is 17.2. The van der Waals surface area contributed by atoms with E-state index in [-0.39, 0.29) is 36.7 Å². The maximum atomic E-state index is 12.9. The van der Waals surface area contributed by atoms with Gasteiger partial charge in [-0.1, -0.05) is 25.4 Å². The Kier molecular flexibility index (Phi) is 6.30. The Morgan fingerprint density at radius 3 is 2.60 bits per heavy atom. The van der Waals surface area contributed by atoms with Gasteiger partial charge in [-0.15, -0.1) is 0 Å². The van der Waals surface area contributed by atoms with E-state index in [1.165, 1.54) is 16.0 Å². The molecule has 0 N–H and O–H groups in total. The SMILES string of the molecule is CC(C)[C@H]1CN(c2ccc(Cl)cn2)C(=O)N1CC(=O)Cc1cc(C(F)(F)F)ccn1. The number of carbonyl (C=O) groups is 2. The molecule has 3 heterocycles. The zero-order valence-corrected chi connectivity index (χ0v) is 17.1. The molecule has 1 aliphatic heterocycles. The number of hydrogen-bond donors (Lipinski definition) is 0. The molecule has 1 aliphatic rings. The summed E-state index contributed by atoms with van der Waals surface area (Å²) in [7, 11) is 0. The molecule has 0 spiro atoms. The minimum Gasteiger partial charge on any atom is -0.312 e. The van der Waals surface area contributed by atoms with Gasteiger partial charge in [-0.05, 0) is 30.2 Å². The number of amides is 2. The van der Waals surface area contributed by atoms with Gasteiger partial charge in [0.2, 0.25) is 0 Å². The summed E-state index contributed by atoms with van der Waals surface area (Å²) < 4.78 is 38.6. The lowest BCUT2D eigenvalue weighted by atomic mass is 10.0. The monoisotopic (exact) mass is 440 g/mol. The number of ketones is 1. The van der Waals surface area contributed by atoms with E-state index in [2.05, 4.69) is 9.97 Å². The van der Waals surface area contributed by atoms with Crippen LogP contribution in [-0.2, 0) is 17.4 Å². The fourth-order valence-corrected chi connectivity index (χ4v) is 3.45. The van der Waals surface area contributed by atoms with Gasteiger partial charge in [-0.25, -0.2) is 9.78 Å². The summed E-state index contributed by atoms with van der Waals surface area (Å²) in [5, 5.41) is 0.437. The second-order valence-electron chi connectivity index (χ2n) is 7.42. The van der Waals surface area contributed by atoms with Crippen molar-refractivity contribution in [1.82, 2.24) is 14.9 Å². The van der Waals surface area contributed by atoms with E-state index in [4.69, 9.17) is 11.6 Å². The van der Waals surface area contributed by atoms with Crippen LogP contribution in [-0.4, -0.2) is 45.8 Å². The highest BCUT2D eigenvalue weighted by molar-refractivity contribution is 6.30. The predicted molar refractivity (Wildman–Crippen MR) is 105 cm³/mol. The first-order valence-corrected chi connectivity index (χ1v) is 9.67. The number of halogens is 4. The van der Waals surface area contributed by atoms with Gasteiger partial charge < -0.3 is 4.90 Å². The highest BCUT2D eigenvalue weighted by Gasteiger charge is 2.41. The largest absolute Gasteiger partial charge is 0.416 e. The van der Waals surface area contributed by atoms with Crippen molar-refractivity contribution in [1.29, 1.82) is 0 Å². The van der Waals surface area contributed by atoms with Crippen molar-refractivity contribution in [3.8, 4) is 0 Å². The molecule has 6 nitrogen and oxygen atoms in total. The Hall–Kier alpha value is -2.68. The first kappa shape index (κ1) is 22.0. The van der Waals surface area contributed by atoms with Gasteiger partial charge in [0.05, 0.1) is 29.6 Å². The van der Waals surface area contributed by atoms with E-state index in [1.54, 1.807) is 12.1 Å². The third-order valence-electron chi connectivity index (χ3n) is 4.87.